The molecular weight excluding hydrogens is 141 g/mol. The number of nitrogens with two attached hydrogens (primary N) is 1. The first kappa shape index (κ1) is 9.68. The van der Waals surface area contributed by atoms with Crippen molar-refractivity contribution in [1.29, 1.82) is 0 Å². The van der Waals surface area contributed by atoms with Crippen LogP contribution in [0, 0.1) is 0 Å². The van der Waals surface area contributed by atoms with Crippen LogP contribution in [-0.2, 0) is 0 Å². The Bertz CT molecular complexity index is 183. The molecule has 0 atom stereocenters. The van der Waals surface area contributed by atoms with Gasteiger partial charge in [-0.05, 0) is 6.08 Å². The van der Waals surface area contributed by atoms with Gasteiger partial charge in [0.05, 0.1) is 0 Å². The predicted octanol–water partition coefficient (Wildman–Crippen LogP) is -2.96. The number of primary amides is 1. The van der Waals surface area contributed by atoms with Crippen LogP contribution in [0.3, 0.4) is 0 Å². The number of nitrogens with zero attached hydrogens (tertiary/aromatic N) is 2. The fourth-order valence-corrected chi connectivity index (χ4v) is 0.529. The quantitative estimate of drug-likeness (QED) is 0.367. The van der Waals surface area contributed by atoms with Gasteiger partial charge in [0.15, 0.2) is 0 Å². The first-order valence-corrected chi connectivity index (χ1v) is 2.53. The molecule has 1 heterocycles. The van der Waals surface area contributed by atoms with E-state index >= 15 is 0 Å². The Hall–Kier alpha value is -0.320. The van der Waals surface area contributed by atoms with Gasteiger partial charge in [-0.2, -0.15) is 0 Å². The van der Waals surface area contributed by atoms with Crippen LogP contribution in [0.2, 0.25) is 0 Å². The van der Waals surface area contributed by atoms with Gasteiger partial charge in [-0.25, -0.2) is 4.79 Å². The molecule has 0 aromatic rings. The zero-order valence-corrected chi connectivity index (χ0v) is 7.82. The van der Waals surface area contributed by atoms with Crippen LogP contribution in [0.15, 0.2) is 17.3 Å². The summed E-state index contributed by atoms with van der Waals surface area (Å²) >= 11 is 0. The Labute approximate surface area is 82.6 Å². The molecule has 0 aromatic carbocycles. The van der Waals surface area contributed by atoms with Crippen molar-refractivity contribution < 1.29 is 35.8 Å². The molecule has 0 spiro atoms. The number of aliphatic imine (C=N–C) groups is 1. The zero-order valence-electron chi connectivity index (χ0n) is 6.82. The Morgan fingerprint density at radius 1 is 1.80 bits per heavy atom. The summed E-state index contributed by atoms with van der Waals surface area (Å²) in [5.41, 5.74) is 4.93. The van der Waals surface area contributed by atoms with Gasteiger partial charge in [0.25, 0.3) is 0 Å². The molecule has 2 amide bonds. The number of allylic oxidation sites excluding steroid dienone is 1. The van der Waals surface area contributed by atoms with Gasteiger partial charge in [-0.1, -0.05) is 0 Å². The second-order valence-corrected chi connectivity index (χ2v) is 1.62. The molecule has 1 aliphatic rings. The van der Waals surface area contributed by atoms with Crippen LogP contribution in [0.1, 0.15) is 1.43 Å². The third-order valence-electron chi connectivity index (χ3n) is 0.975. The molecule has 0 aromatic heterocycles. The minimum Gasteiger partial charge on any atom is -1.00 e. The number of hydrogen-bond donors (Lipinski definition) is 1. The van der Waals surface area contributed by atoms with Gasteiger partial charge in [0, 0.05) is 12.4 Å². The van der Waals surface area contributed by atoms with Crippen molar-refractivity contribution in [2.45, 2.75) is 0 Å². The van der Waals surface area contributed by atoms with E-state index in [9.17, 15) is 4.79 Å². The molecule has 1 aliphatic heterocycles. The van der Waals surface area contributed by atoms with Crippen molar-refractivity contribution in [1.82, 2.24) is 4.90 Å². The van der Waals surface area contributed by atoms with Crippen LogP contribution in [-0.4, -0.2) is 23.8 Å². The van der Waals surface area contributed by atoms with Gasteiger partial charge in [-0.3, -0.25) is 9.89 Å². The van der Waals surface area contributed by atoms with Gasteiger partial charge < -0.3 is 7.16 Å². The predicted molar refractivity (Wildman–Crippen MR) is 35.0 cm³/mol. The Morgan fingerprint density at radius 3 is 2.80 bits per heavy atom. The summed E-state index contributed by atoms with van der Waals surface area (Å²) in [6, 6.07) is -0.469. The van der Waals surface area contributed by atoms with Crippen LogP contribution < -0.4 is 35.3 Å². The van der Waals surface area contributed by atoms with E-state index in [0.29, 0.717) is 6.67 Å². The smallest absolute Gasteiger partial charge is 1.00 e. The normalized spacial score (nSPS) is 14.6. The Morgan fingerprint density at radius 2 is 2.50 bits per heavy atom. The van der Waals surface area contributed by atoms with Crippen LogP contribution in [0.25, 0.3) is 0 Å². The van der Waals surface area contributed by atoms with Crippen molar-refractivity contribution in [3.63, 3.8) is 0 Å². The van der Waals surface area contributed by atoms with Crippen LogP contribution in [0.4, 0.5) is 4.79 Å². The molecule has 0 radical (unpaired) electrons. The van der Waals surface area contributed by atoms with E-state index in [2.05, 4.69) is 4.99 Å². The maximum absolute atomic E-state index is 10.4. The standard InChI is InChI=1S/C5H7N3O.Na.H/c6-5(9)8-3-1-2-7-4-8;;/h1-3H,4H2,(H2,6,9);;/q;+1;-1. The molecule has 50 valence electrons. The average Bonchev–Trinajstić information content (AvgIpc) is 1.90. The fourth-order valence-electron chi connectivity index (χ4n) is 0.529. The minimum atomic E-state index is -0.469. The molecule has 0 aliphatic carbocycles. The van der Waals surface area contributed by atoms with E-state index in [1.807, 2.05) is 0 Å². The Kier molecular flexibility index (Phi) is 4.34. The molecule has 0 saturated heterocycles. The summed E-state index contributed by atoms with van der Waals surface area (Å²) in [5, 5.41) is 0. The number of urea groups is 1. The summed E-state index contributed by atoms with van der Waals surface area (Å²) in [4.78, 5) is 15.5. The van der Waals surface area contributed by atoms with Gasteiger partial charge in [0.2, 0.25) is 0 Å². The van der Waals surface area contributed by atoms with Crippen molar-refractivity contribution in [3.8, 4) is 0 Å². The number of amides is 2. The van der Waals surface area contributed by atoms with Gasteiger partial charge in [-0.15, -0.1) is 0 Å². The molecule has 1 rings (SSSR count). The van der Waals surface area contributed by atoms with E-state index < -0.39 is 6.03 Å². The SMILES string of the molecule is NC(=O)N1C=CC=NC1.[H-].[Na+]. The zero-order chi connectivity index (χ0) is 6.69. The van der Waals surface area contributed by atoms with Crippen LogP contribution in [0.5, 0.6) is 0 Å². The summed E-state index contributed by atoms with van der Waals surface area (Å²) in [6.07, 6.45) is 4.88. The molecule has 0 fully saturated rings. The van der Waals surface area contributed by atoms with Crippen molar-refractivity contribution >= 4 is 12.2 Å². The monoisotopic (exact) mass is 149 g/mol. The second-order valence-electron chi connectivity index (χ2n) is 1.62. The summed E-state index contributed by atoms with van der Waals surface area (Å²) < 4.78 is 0. The fraction of sp³-hybridized carbons (Fsp3) is 0.200. The van der Waals surface area contributed by atoms with E-state index in [0.717, 1.165) is 0 Å². The first-order chi connectivity index (χ1) is 4.30. The summed E-state index contributed by atoms with van der Waals surface area (Å²) in [5.74, 6) is 0. The topological polar surface area (TPSA) is 58.7 Å². The number of carbonyl (C=O) groups excluding carboxylic acids is 1. The third kappa shape index (κ3) is 2.51. The largest absolute Gasteiger partial charge is 1.00 e. The summed E-state index contributed by atoms with van der Waals surface area (Å²) in [6.45, 7) is 0.339. The molecular formula is C5H8N3NaO. The van der Waals surface area contributed by atoms with Crippen molar-refractivity contribution in [2.24, 2.45) is 10.7 Å². The number of carbonyl (C=O) groups is 1. The molecule has 5 heteroatoms. The third-order valence-corrected chi connectivity index (χ3v) is 0.975. The molecule has 0 unspecified atom stereocenters. The maximum atomic E-state index is 10.4. The van der Waals surface area contributed by atoms with Gasteiger partial charge in [0.1, 0.15) is 6.67 Å². The molecule has 4 nitrogen and oxygen atoms in total. The average molecular weight is 149 g/mol. The molecule has 2 N–H and O–H groups in total. The first-order valence-electron chi connectivity index (χ1n) is 2.53. The van der Waals surface area contributed by atoms with E-state index in [1.165, 1.54) is 4.90 Å². The number of rotatable bonds is 0. The Balaban J connectivity index is 0. The molecule has 0 bridgehead atoms. The molecule has 0 saturated carbocycles. The van der Waals surface area contributed by atoms with E-state index in [-0.39, 0.29) is 31.0 Å². The number of hydrogen-bond acceptors (Lipinski definition) is 2. The van der Waals surface area contributed by atoms with Gasteiger partial charge >= 0.3 is 35.6 Å². The van der Waals surface area contributed by atoms with Crippen molar-refractivity contribution in [3.05, 3.63) is 12.3 Å². The molecule has 10 heavy (non-hydrogen) atoms. The van der Waals surface area contributed by atoms with E-state index in [4.69, 9.17) is 5.73 Å². The van der Waals surface area contributed by atoms with Crippen molar-refractivity contribution in [2.75, 3.05) is 6.67 Å². The van der Waals surface area contributed by atoms with Crippen LogP contribution >= 0.6 is 0 Å². The maximum Gasteiger partial charge on any atom is 1.00 e. The second kappa shape index (κ2) is 4.49. The minimum absolute atomic E-state index is 0. The van der Waals surface area contributed by atoms with E-state index in [1.54, 1.807) is 18.5 Å². The summed E-state index contributed by atoms with van der Waals surface area (Å²) in [7, 11) is 0.